The van der Waals surface area contributed by atoms with E-state index in [2.05, 4.69) is 4.98 Å². The highest BCUT2D eigenvalue weighted by molar-refractivity contribution is 5.30. The second-order valence-corrected chi connectivity index (χ2v) is 4.52. The van der Waals surface area contributed by atoms with Crippen molar-refractivity contribution in [2.75, 3.05) is 0 Å². The number of hydrogen-bond acceptors (Lipinski definition) is 2. The van der Waals surface area contributed by atoms with E-state index < -0.39 is 6.10 Å². The molecule has 1 aromatic carbocycles. The number of pyridine rings is 1. The van der Waals surface area contributed by atoms with Crippen LogP contribution in [-0.2, 0) is 6.42 Å². The molecule has 1 heterocycles. The van der Waals surface area contributed by atoms with Gasteiger partial charge in [-0.05, 0) is 54.3 Å². The quantitative estimate of drug-likeness (QED) is 0.901. The standard InChI is InChI=1S/C15H16FNO/c1-10-7-13(16)4-3-12(10)8-15(18)14-5-6-17-9-11(14)2/h3-7,9,15,18H,8H2,1-2H3. The number of aryl methyl sites for hydroxylation is 2. The fourth-order valence-electron chi connectivity index (χ4n) is 2.06. The van der Waals surface area contributed by atoms with E-state index in [4.69, 9.17) is 0 Å². The zero-order valence-corrected chi connectivity index (χ0v) is 10.5. The summed E-state index contributed by atoms with van der Waals surface area (Å²) in [6.07, 6.45) is 3.30. The molecule has 1 unspecified atom stereocenters. The molecule has 2 aromatic rings. The van der Waals surface area contributed by atoms with Crippen LogP contribution in [0, 0.1) is 19.7 Å². The van der Waals surface area contributed by atoms with Crippen LogP contribution in [0.1, 0.15) is 28.4 Å². The lowest BCUT2D eigenvalue weighted by Crippen LogP contribution is -2.05. The summed E-state index contributed by atoms with van der Waals surface area (Å²) in [5.74, 6) is -0.245. The first-order chi connectivity index (χ1) is 8.58. The van der Waals surface area contributed by atoms with Crippen molar-refractivity contribution in [2.24, 2.45) is 0 Å². The van der Waals surface area contributed by atoms with Gasteiger partial charge in [-0.3, -0.25) is 4.98 Å². The van der Waals surface area contributed by atoms with Crippen molar-refractivity contribution in [1.82, 2.24) is 4.98 Å². The summed E-state index contributed by atoms with van der Waals surface area (Å²) in [5.41, 5.74) is 3.65. The van der Waals surface area contributed by atoms with Crippen molar-refractivity contribution in [3.8, 4) is 0 Å². The Bertz CT molecular complexity index is 554. The average molecular weight is 245 g/mol. The molecule has 1 atom stereocenters. The number of nitrogens with zero attached hydrogens (tertiary/aromatic N) is 1. The SMILES string of the molecule is Cc1cc(F)ccc1CC(O)c1ccncc1C. The highest BCUT2D eigenvalue weighted by Gasteiger charge is 2.12. The highest BCUT2D eigenvalue weighted by Crippen LogP contribution is 2.22. The molecule has 0 spiro atoms. The molecule has 0 radical (unpaired) electrons. The lowest BCUT2D eigenvalue weighted by molar-refractivity contribution is 0.177. The second kappa shape index (κ2) is 5.27. The van der Waals surface area contributed by atoms with Crippen molar-refractivity contribution in [3.63, 3.8) is 0 Å². The van der Waals surface area contributed by atoms with E-state index >= 15 is 0 Å². The van der Waals surface area contributed by atoms with Crippen molar-refractivity contribution < 1.29 is 9.50 Å². The van der Waals surface area contributed by atoms with Gasteiger partial charge in [0.25, 0.3) is 0 Å². The van der Waals surface area contributed by atoms with Gasteiger partial charge >= 0.3 is 0 Å². The summed E-state index contributed by atoms with van der Waals surface area (Å²) in [4.78, 5) is 4.00. The van der Waals surface area contributed by atoms with Crippen LogP contribution in [0.2, 0.25) is 0 Å². The van der Waals surface area contributed by atoms with Gasteiger partial charge in [0.05, 0.1) is 6.10 Å². The Kier molecular flexibility index (Phi) is 3.72. The lowest BCUT2D eigenvalue weighted by Gasteiger charge is -2.14. The minimum Gasteiger partial charge on any atom is -0.388 e. The third kappa shape index (κ3) is 2.74. The molecule has 0 saturated heterocycles. The van der Waals surface area contributed by atoms with Gasteiger partial charge in [-0.25, -0.2) is 4.39 Å². The Morgan fingerprint density at radius 1 is 1.22 bits per heavy atom. The molecule has 2 rings (SSSR count). The molecular formula is C15H16FNO. The number of aromatic nitrogens is 1. The zero-order valence-electron chi connectivity index (χ0n) is 10.5. The molecule has 0 saturated carbocycles. The maximum absolute atomic E-state index is 13.0. The smallest absolute Gasteiger partial charge is 0.123 e. The maximum atomic E-state index is 13.0. The molecule has 94 valence electrons. The maximum Gasteiger partial charge on any atom is 0.123 e. The van der Waals surface area contributed by atoms with Gasteiger partial charge in [-0.2, -0.15) is 0 Å². The third-order valence-electron chi connectivity index (χ3n) is 3.14. The van der Waals surface area contributed by atoms with Gasteiger partial charge in [0, 0.05) is 18.8 Å². The summed E-state index contributed by atoms with van der Waals surface area (Å²) < 4.78 is 13.0. The van der Waals surface area contributed by atoms with Crippen LogP contribution < -0.4 is 0 Å². The van der Waals surface area contributed by atoms with E-state index in [9.17, 15) is 9.50 Å². The number of benzene rings is 1. The lowest BCUT2D eigenvalue weighted by atomic mass is 9.96. The first kappa shape index (κ1) is 12.7. The Labute approximate surface area is 106 Å². The fourth-order valence-corrected chi connectivity index (χ4v) is 2.06. The molecule has 1 N–H and O–H groups in total. The van der Waals surface area contributed by atoms with Crippen molar-refractivity contribution in [1.29, 1.82) is 0 Å². The summed E-state index contributed by atoms with van der Waals surface area (Å²) in [7, 11) is 0. The number of hydrogen-bond donors (Lipinski definition) is 1. The van der Waals surface area contributed by atoms with E-state index in [1.807, 2.05) is 19.9 Å². The van der Waals surface area contributed by atoms with Gasteiger partial charge < -0.3 is 5.11 Å². The number of aliphatic hydroxyl groups excluding tert-OH is 1. The monoisotopic (exact) mass is 245 g/mol. The van der Waals surface area contributed by atoms with Gasteiger partial charge in [0.2, 0.25) is 0 Å². The fraction of sp³-hybridized carbons (Fsp3) is 0.267. The molecule has 0 aliphatic carbocycles. The van der Waals surface area contributed by atoms with Crippen LogP contribution in [0.5, 0.6) is 0 Å². The summed E-state index contributed by atoms with van der Waals surface area (Å²) in [5, 5.41) is 10.2. The minimum atomic E-state index is -0.586. The summed E-state index contributed by atoms with van der Waals surface area (Å²) >= 11 is 0. The molecule has 18 heavy (non-hydrogen) atoms. The third-order valence-corrected chi connectivity index (χ3v) is 3.14. The van der Waals surface area contributed by atoms with Gasteiger partial charge in [-0.15, -0.1) is 0 Å². The minimum absolute atomic E-state index is 0.245. The summed E-state index contributed by atoms with van der Waals surface area (Å²) in [6, 6.07) is 6.46. The van der Waals surface area contributed by atoms with E-state index in [1.54, 1.807) is 18.5 Å². The van der Waals surface area contributed by atoms with Gasteiger partial charge in [0.15, 0.2) is 0 Å². The van der Waals surface area contributed by atoms with Crippen molar-refractivity contribution in [3.05, 3.63) is 64.7 Å². The second-order valence-electron chi connectivity index (χ2n) is 4.52. The molecule has 0 aliphatic rings. The Morgan fingerprint density at radius 2 is 2.00 bits per heavy atom. The first-order valence-electron chi connectivity index (χ1n) is 5.91. The van der Waals surface area contributed by atoms with Crippen LogP contribution in [0.3, 0.4) is 0 Å². The van der Waals surface area contributed by atoms with Crippen LogP contribution in [0.15, 0.2) is 36.7 Å². The summed E-state index contributed by atoms with van der Waals surface area (Å²) in [6.45, 7) is 3.77. The molecule has 0 fully saturated rings. The topological polar surface area (TPSA) is 33.1 Å². The number of halogens is 1. The largest absolute Gasteiger partial charge is 0.388 e. The van der Waals surface area contributed by atoms with Crippen molar-refractivity contribution >= 4 is 0 Å². The Morgan fingerprint density at radius 3 is 2.67 bits per heavy atom. The van der Waals surface area contributed by atoms with E-state index in [-0.39, 0.29) is 5.82 Å². The molecule has 3 heteroatoms. The zero-order chi connectivity index (χ0) is 13.1. The molecule has 0 aliphatic heterocycles. The molecule has 0 amide bonds. The predicted octanol–water partition coefficient (Wildman–Crippen LogP) is 3.11. The Balaban J connectivity index is 2.21. The van der Waals surface area contributed by atoms with E-state index in [0.29, 0.717) is 6.42 Å². The molecule has 2 nitrogen and oxygen atoms in total. The number of aliphatic hydroxyl groups is 1. The van der Waals surface area contributed by atoms with Crippen LogP contribution >= 0.6 is 0 Å². The normalized spacial score (nSPS) is 12.4. The first-order valence-corrected chi connectivity index (χ1v) is 5.91. The van der Waals surface area contributed by atoms with Crippen LogP contribution in [-0.4, -0.2) is 10.1 Å². The van der Waals surface area contributed by atoms with E-state index in [1.165, 1.54) is 12.1 Å². The Hall–Kier alpha value is -1.74. The van der Waals surface area contributed by atoms with E-state index in [0.717, 1.165) is 22.3 Å². The van der Waals surface area contributed by atoms with Crippen LogP contribution in [0.4, 0.5) is 4.39 Å². The van der Waals surface area contributed by atoms with Gasteiger partial charge in [0.1, 0.15) is 5.82 Å². The van der Waals surface area contributed by atoms with Crippen molar-refractivity contribution in [2.45, 2.75) is 26.4 Å². The predicted molar refractivity (Wildman–Crippen MR) is 68.8 cm³/mol. The molecular weight excluding hydrogens is 229 g/mol. The molecule has 0 bridgehead atoms. The number of rotatable bonds is 3. The van der Waals surface area contributed by atoms with Gasteiger partial charge in [-0.1, -0.05) is 6.07 Å². The average Bonchev–Trinajstić information content (AvgIpc) is 2.33. The highest BCUT2D eigenvalue weighted by atomic mass is 19.1. The molecule has 1 aromatic heterocycles. The van der Waals surface area contributed by atoms with Crippen LogP contribution in [0.25, 0.3) is 0 Å².